The quantitative estimate of drug-likeness (QED) is 0.0530. The van der Waals surface area contributed by atoms with Crippen molar-refractivity contribution in [1.82, 2.24) is 0 Å². The maximum atomic E-state index is 14.5. The second-order valence-electron chi connectivity index (χ2n) is 12.7. The normalized spacial score (nSPS) is 19.2. The van der Waals surface area contributed by atoms with Gasteiger partial charge in [-0.2, -0.15) is 0 Å². The first kappa shape index (κ1) is 37.1. The van der Waals surface area contributed by atoms with E-state index >= 15 is 0 Å². The summed E-state index contributed by atoms with van der Waals surface area (Å²) in [7, 11) is -7.11. The molecule has 0 aliphatic carbocycles. The number of benzene rings is 4. The Balaban J connectivity index is 1.10. The van der Waals surface area contributed by atoms with E-state index < -0.39 is 38.9 Å². The summed E-state index contributed by atoms with van der Waals surface area (Å²) < 4.78 is 64.3. The summed E-state index contributed by atoms with van der Waals surface area (Å²) >= 11 is 0. The molecule has 2 aliphatic rings. The highest BCUT2D eigenvalue weighted by molar-refractivity contribution is 7.68. The Morgan fingerprint density at radius 3 is 1.31 bits per heavy atom. The first-order valence-corrected chi connectivity index (χ1v) is 20.4. The van der Waals surface area contributed by atoms with Gasteiger partial charge in [0, 0.05) is 22.3 Å². The van der Waals surface area contributed by atoms with Crippen molar-refractivity contribution in [2.24, 2.45) is 0 Å². The average Bonchev–Trinajstić information content (AvgIpc) is 3.13. The Morgan fingerprint density at radius 1 is 0.577 bits per heavy atom. The van der Waals surface area contributed by atoms with Crippen molar-refractivity contribution in [2.75, 3.05) is 38.8 Å². The smallest absolute Gasteiger partial charge is 0.333 e. The van der Waals surface area contributed by atoms with Crippen LogP contribution in [0.3, 0.4) is 0 Å². The van der Waals surface area contributed by atoms with Gasteiger partial charge >= 0.3 is 11.9 Å². The molecule has 6 rings (SSSR count). The van der Waals surface area contributed by atoms with Crippen molar-refractivity contribution in [2.45, 2.75) is 26.1 Å². The lowest BCUT2D eigenvalue weighted by atomic mass is 10.0. The van der Waals surface area contributed by atoms with Crippen LogP contribution in [0.4, 0.5) is 0 Å². The number of carbonyl (C=O) groups is 2. The van der Waals surface area contributed by atoms with Crippen LogP contribution in [0, 0.1) is 0 Å². The molecule has 52 heavy (non-hydrogen) atoms. The summed E-state index contributed by atoms with van der Waals surface area (Å²) in [6.07, 6.45) is -2.13. The molecule has 0 saturated heterocycles. The molecule has 2 heterocycles. The van der Waals surface area contributed by atoms with Crippen molar-refractivity contribution >= 4 is 37.3 Å². The van der Waals surface area contributed by atoms with Gasteiger partial charge in [-0.3, -0.25) is 9.13 Å². The fraction of sp³-hybridized carbons (Fsp3) is 0.250. The molecule has 270 valence electrons. The summed E-state index contributed by atoms with van der Waals surface area (Å²) in [5, 5.41) is 1.08. The SMILES string of the molecule is C=C(C)C(=O)OC(COCCOCC(CP1(=O)Oc2ccccc2-c2ccccc21)OC(=O)C(=C)C)CP1(=O)Oc2ccccc2-c2ccccc21. The summed E-state index contributed by atoms with van der Waals surface area (Å²) in [6.45, 7) is 10.3. The van der Waals surface area contributed by atoms with Crippen molar-refractivity contribution in [3.05, 3.63) is 121 Å². The highest BCUT2D eigenvalue weighted by atomic mass is 31.2. The molecule has 2 aliphatic heterocycles. The van der Waals surface area contributed by atoms with Crippen LogP contribution in [0.15, 0.2) is 121 Å². The third-order valence-corrected chi connectivity index (χ3v) is 13.5. The maximum Gasteiger partial charge on any atom is 0.333 e. The predicted octanol–water partition coefficient (Wildman–Crippen LogP) is 7.32. The molecule has 0 N–H and O–H groups in total. The average molecular weight is 743 g/mol. The lowest BCUT2D eigenvalue weighted by molar-refractivity contribution is -0.148. The lowest BCUT2D eigenvalue weighted by Gasteiger charge is -2.31. The van der Waals surface area contributed by atoms with Gasteiger partial charge in [-0.25, -0.2) is 9.59 Å². The zero-order chi connectivity index (χ0) is 36.9. The van der Waals surface area contributed by atoms with Gasteiger partial charge in [0.1, 0.15) is 23.7 Å². The monoisotopic (exact) mass is 742 g/mol. The molecule has 4 aromatic carbocycles. The van der Waals surface area contributed by atoms with Gasteiger partial charge in [0.15, 0.2) is 0 Å². The minimum atomic E-state index is -3.55. The maximum absolute atomic E-state index is 14.5. The zero-order valence-electron chi connectivity index (χ0n) is 29.0. The number of hydrogen-bond acceptors (Lipinski definition) is 10. The molecule has 0 saturated carbocycles. The van der Waals surface area contributed by atoms with Crippen LogP contribution in [-0.4, -0.2) is 62.9 Å². The Hall–Kier alpha value is -4.72. The number of carbonyl (C=O) groups excluding carboxylic acids is 2. The number of fused-ring (bicyclic) bond motifs is 6. The van der Waals surface area contributed by atoms with E-state index in [1.165, 1.54) is 13.8 Å². The van der Waals surface area contributed by atoms with Crippen LogP contribution in [0.5, 0.6) is 11.5 Å². The molecule has 4 atom stereocenters. The van der Waals surface area contributed by atoms with Gasteiger partial charge in [-0.15, -0.1) is 0 Å². The summed E-state index contributed by atoms with van der Waals surface area (Å²) in [5.74, 6) is -0.319. The lowest BCUT2D eigenvalue weighted by Crippen LogP contribution is -2.33. The number of esters is 2. The minimum Gasteiger partial charge on any atom is -0.456 e. The first-order valence-electron chi connectivity index (χ1n) is 16.8. The van der Waals surface area contributed by atoms with E-state index in [4.69, 9.17) is 28.0 Å². The Bertz CT molecular complexity index is 1960. The Labute approximate surface area is 303 Å². The van der Waals surface area contributed by atoms with Gasteiger partial charge < -0.3 is 28.0 Å². The van der Waals surface area contributed by atoms with Crippen molar-refractivity contribution in [1.29, 1.82) is 0 Å². The van der Waals surface area contributed by atoms with Crippen LogP contribution < -0.4 is 19.7 Å². The number of ether oxygens (including phenoxy) is 4. The highest BCUT2D eigenvalue weighted by Crippen LogP contribution is 2.56. The van der Waals surface area contributed by atoms with Gasteiger partial charge in [0.05, 0.1) is 49.4 Å². The summed E-state index contributed by atoms with van der Waals surface area (Å²) in [4.78, 5) is 25.2. The van der Waals surface area contributed by atoms with Crippen molar-refractivity contribution in [3.8, 4) is 33.8 Å². The highest BCUT2D eigenvalue weighted by Gasteiger charge is 2.40. The van der Waals surface area contributed by atoms with Crippen LogP contribution >= 0.6 is 14.7 Å². The van der Waals surface area contributed by atoms with E-state index in [0.29, 0.717) is 22.1 Å². The van der Waals surface area contributed by atoms with Gasteiger partial charge in [0.2, 0.25) is 0 Å². The fourth-order valence-corrected chi connectivity index (χ4v) is 10.9. The molecule has 0 aromatic heterocycles. The first-order chi connectivity index (χ1) is 25.0. The van der Waals surface area contributed by atoms with E-state index in [2.05, 4.69) is 13.2 Å². The van der Waals surface area contributed by atoms with E-state index in [1.54, 1.807) is 36.4 Å². The van der Waals surface area contributed by atoms with Crippen molar-refractivity contribution < 1.29 is 46.7 Å². The molecule has 0 amide bonds. The Kier molecular flexibility index (Phi) is 11.3. The van der Waals surface area contributed by atoms with Gasteiger partial charge in [-0.05, 0) is 49.2 Å². The second kappa shape index (κ2) is 15.9. The molecular weight excluding hydrogens is 702 g/mol. The number of para-hydroxylation sites is 2. The molecule has 0 spiro atoms. The predicted molar refractivity (Wildman–Crippen MR) is 200 cm³/mol. The fourth-order valence-electron chi connectivity index (χ4n) is 6.06. The second-order valence-corrected chi connectivity index (χ2v) is 17.4. The molecule has 0 radical (unpaired) electrons. The van der Waals surface area contributed by atoms with E-state index in [-0.39, 0.29) is 49.9 Å². The van der Waals surface area contributed by atoms with Crippen LogP contribution in [0.25, 0.3) is 22.3 Å². The van der Waals surface area contributed by atoms with Gasteiger partial charge in [0.25, 0.3) is 14.7 Å². The number of rotatable bonds is 15. The number of hydrogen-bond donors (Lipinski definition) is 0. The zero-order valence-corrected chi connectivity index (χ0v) is 30.8. The molecular formula is C40H40O10P2. The molecule has 12 heteroatoms. The molecule has 4 unspecified atom stereocenters. The van der Waals surface area contributed by atoms with E-state index in [0.717, 1.165) is 22.3 Å². The van der Waals surface area contributed by atoms with Crippen LogP contribution in [0.1, 0.15) is 13.8 Å². The largest absolute Gasteiger partial charge is 0.456 e. The molecule has 10 nitrogen and oxygen atoms in total. The standard InChI is InChI=1S/C40H40O10P2/c1-27(2)39(41)47-29(25-51(43)37-19-11-7-15-33(37)31-13-5-9-17-35(31)49-51)23-45-21-22-46-24-30(48-40(42)28(3)4)26-52(44)38-20-12-8-16-34(38)32-14-6-10-18-36(32)50-52/h5-20,29-30H,1,3,21-26H2,2,4H3. The van der Waals surface area contributed by atoms with Crippen LogP contribution in [0.2, 0.25) is 0 Å². The third kappa shape index (κ3) is 8.16. The molecule has 4 aromatic rings. The third-order valence-electron chi connectivity index (χ3n) is 8.50. The van der Waals surface area contributed by atoms with Crippen molar-refractivity contribution in [3.63, 3.8) is 0 Å². The minimum absolute atomic E-state index is 0.0528. The van der Waals surface area contributed by atoms with Crippen LogP contribution in [-0.2, 0) is 37.7 Å². The molecule has 0 fully saturated rings. The van der Waals surface area contributed by atoms with E-state index in [9.17, 15) is 18.7 Å². The van der Waals surface area contributed by atoms with E-state index in [1.807, 2.05) is 60.7 Å². The topological polar surface area (TPSA) is 124 Å². The molecule has 0 bridgehead atoms. The summed E-state index contributed by atoms with van der Waals surface area (Å²) in [5.41, 5.74) is 3.61. The Morgan fingerprint density at radius 2 is 0.923 bits per heavy atom. The van der Waals surface area contributed by atoms with Gasteiger partial charge in [-0.1, -0.05) is 86.0 Å². The summed E-state index contributed by atoms with van der Waals surface area (Å²) in [6, 6.07) is 29.4.